The lowest BCUT2D eigenvalue weighted by atomic mass is 9.80. The molecule has 37 heavy (non-hydrogen) atoms. The van der Waals surface area contributed by atoms with Crippen molar-refractivity contribution in [2.45, 2.75) is 104 Å². The van der Waals surface area contributed by atoms with Crippen molar-refractivity contribution in [1.82, 2.24) is 20.9 Å². The van der Waals surface area contributed by atoms with Crippen molar-refractivity contribution in [2.24, 2.45) is 34.3 Å². The first-order valence-corrected chi connectivity index (χ1v) is 11.8. The van der Waals surface area contributed by atoms with E-state index in [1.807, 2.05) is 0 Å². The number of nitrogens with zero attached hydrogens (tertiary/aromatic N) is 1. The van der Waals surface area contributed by atoms with Gasteiger partial charge in [-0.1, -0.05) is 53.6 Å². The number of primary amides is 1. The Morgan fingerprint density at radius 3 is 2.27 bits per heavy atom. The van der Waals surface area contributed by atoms with Crippen molar-refractivity contribution in [1.29, 1.82) is 0 Å². The van der Waals surface area contributed by atoms with Crippen LogP contribution in [0.4, 0.5) is 4.79 Å². The van der Waals surface area contributed by atoms with Crippen LogP contribution in [0.1, 0.15) is 101 Å². The van der Waals surface area contributed by atoms with Crippen LogP contribution in [0.2, 0.25) is 0 Å². The van der Waals surface area contributed by atoms with Gasteiger partial charge in [-0.3, -0.25) is 19.2 Å². The molecule has 0 radical (unpaired) electrons. The van der Waals surface area contributed by atoms with Crippen LogP contribution >= 0.6 is 0 Å². The summed E-state index contributed by atoms with van der Waals surface area (Å²) in [5.41, 5.74) is 0.588. The third-order valence-electron chi connectivity index (χ3n) is 6.39. The molecule has 1 saturated heterocycles. The van der Waals surface area contributed by atoms with Crippen molar-refractivity contribution >= 4 is 29.5 Å². The average molecular weight is 535 g/mol. The van der Waals surface area contributed by atoms with Gasteiger partial charge in [-0.15, -0.1) is 0 Å². The number of hydrogen-bond acceptors (Lipinski definition) is 5. The normalized spacial score (nSPS) is 38.3. The average Bonchev–Trinajstić information content (AvgIpc) is 3.45. The molecule has 1 unspecified atom stereocenters. The van der Waals surface area contributed by atoms with Crippen molar-refractivity contribution in [3.05, 3.63) is 0 Å². The molecule has 10 heteroatoms. The monoisotopic (exact) mass is 534 g/mol. The van der Waals surface area contributed by atoms with E-state index in [0.29, 0.717) is 0 Å². The van der Waals surface area contributed by atoms with Crippen LogP contribution < -0.4 is 21.7 Å². The Kier molecular flexibility index (Phi) is 3.88. The number of hydrogen-bond donors (Lipinski definition) is 4. The number of carbonyl (C=O) groups excluding carboxylic acids is 5. The summed E-state index contributed by atoms with van der Waals surface area (Å²) < 4.78 is 123. The largest absolute Gasteiger partial charge is 0.363 e. The second-order valence-corrected chi connectivity index (χ2v) is 11.6. The molecule has 1 aliphatic heterocycles. The van der Waals surface area contributed by atoms with Gasteiger partial charge in [0.1, 0.15) is 12.1 Å². The molecule has 3 aliphatic rings. The van der Waals surface area contributed by atoms with Gasteiger partial charge in [-0.2, -0.15) is 0 Å². The zero-order valence-corrected chi connectivity index (χ0v) is 21.7. The van der Waals surface area contributed by atoms with Crippen LogP contribution in [0, 0.1) is 28.6 Å². The minimum absolute atomic E-state index is 0.692. The fourth-order valence-corrected chi connectivity index (χ4v) is 4.47. The summed E-state index contributed by atoms with van der Waals surface area (Å²) in [6, 6.07) is -7.48. The lowest BCUT2D eigenvalue weighted by molar-refractivity contribution is -0.145. The number of piperidine rings is 1. The smallest absolute Gasteiger partial charge is 0.315 e. The van der Waals surface area contributed by atoms with Gasteiger partial charge in [0, 0.05) is 32.6 Å². The van der Waals surface area contributed by atoms with Gasteiger partial charge in [0.2, 0.25) is 17.6 Å². The topological polar surface area (TPSA) is 151 Å². The molecule has 2 saturated carbocycles. The van der Waals surface area contributed by atoms with Crippen LogP contribution in [0.3, 0.4) is 0 Å². The van der Waals surface area contributed by atoms with E-state index in [9.17, 15) is 24.0 Å². The number of carbonyl (C=O) groups is 5. The summed E-state index contributed by atoms with van der Waals surface area (Å²) in [4.78, 5) is 67.6. The fourth-order valence-electron chi connectivity index (χ4n) is 4.47. The molecule has 0 aromatic carbocycles. The zero-order valence-electron chi connectivity index (χ0n) is 36.7. The first-order chi connectivity index (χ1) is 22.7. The molecular weight excluding hydrogens is 474 g/mol. The first-order valence-electron chi connectivity index (χ1n) is 19.3. The Balaban J connectivity index is 2.21. The third-order valence-corrected chi connectivity index (χ3v) is 6.39. The number of amides is 5. The lowest BCUT2D eigenvalue weighted by Crippen LogP contribution is -2.62. The molecule has 0 bridgehead atoms. The molecule has 2 aliphatic carbocycles. The molecule has 3 fully saturated rings. The van der Waals surface area contributed by atoms with E-state index in [1.54, 1.807) is 26.1 Å². The number of nitrogens with one attached hydrogen (secondary N) is 3. The van der Waals surface area contributed by atoms with E-state index in [4.69, 9.17) is 26.3 Å². The maximum Gasteiger partial charge on any atom is 0.315 e. The van der Waals surface area contributed by atoms with E-state index >= 15 is 0 Å². The number of nitrogens with two attached hydrogens (primary N) is 1. The Morgan fingerprint density at radius 1 is 1.14 bits per heavy atom. The Bertz CT molecular complexity index is 1500. The molecule has 5 amide bonds. The van der Waals surface area contributed by atoms with Gasteiger partial charge in [0.05, 0.1) is 6.04 Å². The molecule has 0 aromatic rings. The minimum Gasteiger partial charge on any atom is -0.363 e. The summed E-state index contributed by atoms with van der Waals surface area (Å²) in [5, 5.41) is 6.90. The van der Waals surface area contributed by atoms with E-state index in [1.165, 1.54) is 20.8 Å². The van der Waals surface area contributed by atoms with Gasteiger partial charge >= 0.3 is 6.03 Å². The summed E-state index contributed by atoms with van der Waals surface area (Å²) in [5.74, 6) is -13.6. The van der Waals surface area contributed by atoms with Crippen LogP contribution in [0.15, 0.2) is 0 Å². The lowest BCUT2D eigenvalue weighted by Gasteiger charge is -2.38. The molecule has 208 valence electrons. The molecule has 5 atom stereocenters. The van der Waals surface area contributed by atoms with E-state index in [-0.39, 0.29) is 0 Å². The second-order valence-electron chi connectivity index (χ2n) is 11.6. The molecule has 10 nitrogen and oxygen atoms in total. The quantitative estimate of drug-likeness (QED) is 0.350. The highest BCUT2D eigenvalue weighted by Crippen LogP contribution is 2.65. The van der Waals surface area contributed by atoms with E-state index in [2.05, 4.69) is 10.6 Å². The first kappa shape index (κ1) is 14.5. The predicted octanol–water partition coefficient (Wildman–Crippen LogP) is 1.71. The van der Waals surface area contributed by atoms with Gasteiger partial charge in [0.15, 0.2) is 0 Å². The SMILES string of the molecule is [2H]C([2H])([2H])C1(C([2H])([2H])[2H])[C@@H]2[C@@H](C(=O)NC(C(=O)C(N)=O)C([2H])([2H])C3([2H])C([2H])([2H])C([2H])([2H])C3([2H])[2H])N(C(=O)[C@@H](NC(=O)NC(C)(C)C)C(C)(C)C)C[C@@H]21. The van der Waals surface area contributed by atoms with Crippen molar-refractivity contribution in [2.75, 3.05) is 6.54 Å². The van der Waals surface area contributed by atoms with E-state index in [0.717, 1.165) is 4.90 Å². The molecule has 5 N–H and O–H groups in total. The maximum atomic E-state index is 14.3. The third kappa shape index (κ3) is 6.26. The summed E-state index contributed by atoms with van der Waals surface area (Å²) >= 11 is 0. The summed E-state index contributed by atoms with van der Waals surface area (Å²) in [6.45, 7) is 2.29. The molecule has 0 aromatic heterocycles. The van der Waals surface area contributed by atoms with Gasteiger partial charge in [0.25, 0.3) is 5.91 Å². The highest BCUT2D eigenvalue weighted by Gasteiger charge is 2.70. The van der Waals surface area contributed by atoms with Crippen molar-refractivity contribution in [3.63, 3.8) is 0 Å². The van der Waals surface area contributed by atoms with Gasteiger partial charge in [-0.25, -0.2) is 4.79 Å². The Hall–Kier alpha value is -2.65. The molecule has 0 spiro atoms. The van der Waals surface area contributed by atoms with Crippen molar-refractivity contribution < 1.29 is 44.5 Å². The van der Waals surface area contributed by atoms with Crippen molar-refractivity contribution in [3.8, 4) is 0 Å². The fraction of sp³-hybridized carbons (Fsp3) is 0.815. The van der Waals surface area contributed by atoms with E-state index < -0.39 is 128 Å². The second kappa shape index (κ2) is 9.91. The number of likely N-dealkylation sites (tertiary alicyclic amines) is 1. The molecular formula is C27H45N5O5. The van der Waals surface area contributed by atoms with Gasteiger partial charge in [-0.05, 0) is 55.7 Å². The van der Waals surface area contributed by atoms with Crippen LogP contribution in [-0.2, 0) is 19.2 Å². The molecule has 3 rings (SSSR count). The summed E-state index contributed by atoms with van der Waals surface area (Å²) in [7, 11) is 0. The van der Waals surface area contributed by atoms with Crippen LogP contribution in [-0.4, -0.2) is 64.6 Å². The zero-order chi connectivity index (χ0) is 41.2. The van der Waals surface area contributed by atoms with Gasteiger partial charge < -0.3 is 26.6 Å². The summed E-state index contributed by atoms with van der Waals surface area (Å²) in [6.07, 6.45) is -14.9. The minimum atomic E-state index is -3.99. The number of Topliss-reactive ketones (excluding diaryl/α,β-unsaturated/α-hetero) is 1. The Labute approximate surface area is 241 Å². The molecule has 1 heterocycles. The number of rotatable bonds is 8. The highest BCUT2D eigenvalue weighted by molar-refractivity contribution is 6.37. The number of fused-ring (bicyclic) bond motifs is 1. The number of ketones is 1. The maximum absolute atomic E-state index is 14.3. The predicted molar refractivity (Wildman–Crippen MR) is 139 cm³/mol. The Morgan fingerprint density at radius 2 is 1.76 bits per heavy atom. The van der Waals surface area contributed by atoms with Crippen LogP contribution in [0.25, 0.3) is 0 Å². The highest BCUT2D eigenvalue weighted by atomic mass is 16.2. The standard InChI is InChI=1S/C27H45N5O5/c1-25(2,3)20(30-24(37)31-26(4,5)6)23(36)32-13-15-17(27(15,7)8)18(32)22(35)29-16(19(33)21(28)34)12-14-10-9-11-14/h14-18,20H,9-13H2,1-8H3,(H2,28,34)(H,29,35)(H2,30,31,37)/t15-,16?,17-,18-,20+/m0/s1/i7D3,8D3,9D2,10D2,11D2,12D2,14D. The van der Waals surface area contributed by atoms with Crippen LogP contribution in [0.5, 0.6) is 0 Å². The number of urea groups is 1.